The Morgan fingerprint density at radius 1 is 0.400 bits per heavy atom. The Kier molecular flexibility index (Phi) is 30.7. The molecule has 0 N–H and O–H groups in total. The summed E-state index contributed by atoms with van der Waals surface area (Å²) in [4.78, 5) is 11.7. The zero-order valence-electron chi connectivity index (χ0n) is 23.3. The highest BCUT2D eigenvalue weighted by Crippen LogP contribution is 2.09. The first-order valence-corrected chi connectivity index (χ1v) is 14.8. The summed E-state index contributed by atoms with van der Waals surface area (Å²) in [6.45, 7) is 9.92. The molecule has 6 nitrogen and oxygen atoms in total. The highest BCUT2D eigenvalue weighted by molar-refractivity contribution is 5.69. The maximum absolute atomic E-state index is 11.7. The van der Waals surface area contributed by atoms with Crippen molar-refractivity contribution in [2.24, 2.45) is 0 Å². The maximum Gasteiger partial charge on any atom is 0.305 e. The van der Waals surface area contributed by atoms with Crippen LogP contribution in [0.3, 0.4) is 0 Å². The molecule has 0 saturated heterocycles. The van der Waals surface area contributed by atoms with E-state index in [0.29, 0.717) is 65.7 Å². The Balaban J connectivity index is 3.12. The van der Waals surface area contributed by atoms with E-state index in [4.69, 9.17) is 23.7 Å². The number of ether oxygens (including phenoxy) is 5. The van der Waals surface area contributed by atoms with Crippen molar-refractivity contribution in [3.05, 3.63) is 0 Å². The van der Waals surface area contributed by atoms with E-state index in [2.05, 4.69) is 13.8 Å². The second-order valence-electron chi connectivity index (χ2n) is 9.37. The van der Waals surface area contributed by atoms with Crippen molar-refractivity contribution < 1.29 is 28.5 Å². The predicted molar refractivity (Wildman–Crippen MR) is 144 cm³/mol. The molecule has 0 fully saturated rings. The molecule has 0 aromatic carbocycles. The summed E-state index contributed by atoms with van der Waals surface area (Å²) in [6.07, 6.45) is 20.3. The first kappa shape index (κ1) is 34.3. The molecule has 0 aliphatic rings. The first-order valence-electron chi connectivity index (χ1n) is 14.8. The van der Waals surface area contributed by atoms with E-state index in [1.165, 1.54) is 77.0 Å². The zero-order valence-corrected chi connectivity index (χ0v) is 23.3. The van der Waals surface area contributed by atoms with Crippen molar-refractivity contribution in [1.82, 2.24) is 0 Å². The molecule has 210 valence electrons. The third kappa shape index (κ3) is 31.3. The van der Waals surface area contributed by atoms with E-state index in [0.717, 1.165) is 25.9 Å². The number of hydrogen-bond donors (Lipinski definition) is 0. The van der Waals surface area contributed by atoms with Gasteiger partial charge in [0.15, 0.2) is 0 Å². The molecular weight excluding hydrogens is 444 g/mol. The minimum absolute atomic E-state index is 0.115. The van der Waals surface area contributed by atoms with E-state index in [1.54, 1.807) is 0 Å². The Bertz CT molecular complexity index is 405. The lowest BCUT2D eigenvalue weighted by Crippen LogP contribution is -2.12. The lowest BCUT2D eigenvalue weighted by atomic mass is 10.1. The predicted octanol–water partition coefficient (Wildman–Crippen LogP) is 7.27. The minimum atomic E-state index is -0.115. The molecule has 0 aliphatic carbocycles. The quantitative estimate of drug-likeness (QED) is 0.0760. The van der Waals surface area contributed by atoms with E-state index in [1.807, 2.05) is 0 Å². The van der Waals surface area contributed by atoms with Crippen molar-refractivity contribution in [1.29, 1.82) is 0 Å². The molecule has 0 heterocycles. The van der Waals surface area contributed by atoms with Crippen molar-refractivity contribution in [3.63, 3.8) is 0 Å². The van der Waals surface area contributed by atoms with Gasteiger partial charge in [0.2, 0.25) is 0 Å². The fourth-order valence-electron chi connectivity index (χ4n) is 3.74. The molecule has 0 aromatic heterocycles. The van der Waals surface area contributed by atoms with Crippen LogP contribution in [0.2, 0.25) is 0 Å². The number of carbonyl (C=O) groups is 1. The monoisotopic (exact) mass is 502 g/mol. The summed E-state index contributed by atoms with van der Waals surface area (Å²) < 4.78 is 27.4. The van der Waals surface area contributed by atoms with Crippen LogP contribution in [0.1, 0.15) is 123 Å². The molecule has 0 aliphatic heterocycles. The summed E-state index contributed by atoms with van der Waals surface area (Å²) in [5.41, 5.74) is 0. The van der Waals surface area contributed by atoms with Crippen LogP contribution in [0.5, 0.6) is 0 Å². The molecule has 0 rings (SSSR count). The fraction of sp³-hybridized carbons (Fsp3) is 0.966. The van der Waals surface area contributed by atoms with Crippen LogP contribution < -0.4 is 0 Å². The molecular formula is C29H58O6. The topological polar surface area (TPSA) is 63.2 Å². The summed E-state index contributed by atoms with van der Waals surface area (Å²) in [5.74, 6) is -0.115. The number of esters is 1. The van der Waals surface area contributed by atoms with Gasteiger partial charge in [-0.25, -0.2) is 0 Å². The zero-order chi connectivity index (χ0) is 25.5. The smallest absolute Gasteiger partial charge is 0.305 e. The van der Waals surface area contributed by atoms with E-state index in [-0.39, 0.29) is 5.97 Å². The highest BCUT2D eigenvalue weighted by atomic mass is 16.6. The van der Waals surface area contributed by atoms with Gasteiger partial charge in [0.1, 0.15) is 0 Å². The van der Waals surface area contributed by atoms with Gasteiger partial charge in [0.25, 0.3) is 0 Å². The van der Waals surface area contributed by atoms with Crippen LogP contribution in [-0.4, -0.2) is 65.4 Å². The number of rotatable bonds is 30. The largest absolute Gasteiger partial charge is 0.466 e. The SMILES string of the molecule is CCCCCCCCCCOC(=O)CCCOCCOCCOCCOCCCCCCCCC. The number of hydrogen-bond acceptors (Lipinski definition) is 6. The molecule has 0 saturated carbocycles. The third-order valence-corrected chi connectivity index (χ3v) is 5.94. The summed E-state index contributed by atoms with van der Waals surface area (Å²) in [7, 11) is 0. The van der Waals surface area contributed by atoms with Gasteiger partial charge in [-0.1, -0.05) is 97.3 Å². The number of unbranched alkanes of at least 4 members (excludes halogenated alkanes) is 13. The Morgan fingerprint density at radius 2 is 0.743 bits per heavy atom. The maximum atomic E-state index is 11.7. The van der Waals surface area contributed by atoms with Crippen molar-refractivity contribution >= 4 is 5.97 Å². The van der Waals surface area contributed by atoms with Crippen LogP contribution in [0, 0.1) is 0 Å². The second-order valence-corrected chi connectivity index (χ2v) is 9.37. The lowest BCUT2D eigenvalue weighted by molar-refractivity contribution is -0.144. The summed E-state index contributed by atoms with van der Waals surface area (Å²) >= 11 is 0. The van der Waals surface area contributed by atoms with Crippen LogP contribution in [-0.2, 0) is 28.5 Å². The molecule has 0 bridgehead atoms. The first-order chi connectivity index (χ1) is 17.3. The third-order valence-electron chi connectivity index (χ3n) is 5.94. The molecule has 0 aromatic rings. The van der Waals surface area contributed by atoms with E-state index < -0.39 is 0 Å². The van der Waals surface area contributed by atoms with Crippen LogP contribution in [0.25, 0.3) is 0 Å². The molecule has 0 radical (unpaired) electrons. The van der Waals surface area contributed by atoms with Crippen LogP contribution in [0.4, 0.5) is 0 Å². The molecule has 0 amide bonds. The minimum Gasteiger partial charge on any atom is -0.466 e. The van der Waals surface area contributed by atoms with Crippen molar-refractivity contribution in [3.8, 4) is 0 Å². The van der Waals surface area contributed by atoms with Gasteiger partial charge in [-0.05, 0) is 19.3 Å². The highest BCUT2D eigenvalue weighted by Gasteiger charge is 2.02. The van der Waals surface area contributed by atoms with E-state index in [9.17, 15) is 4.79 Å². The Morgan fingerprint density at radius 3 is 1.20 bits per heavy atom. The molecule has 0 atom stereocenters. The number of carbonyl (C=O) groups excluding carboxylic acids is 1. The van der Waals surface area contributed by atoms with Gasteiger partial charge in [0.05, 0.1) is 46.2 Å². The van der Waals surface area contributed by atoms with Crippen LogP contribution >= 0.6 is 0 Å². The Hall–Kier alpha value is -0.690. The van der Waals surface area contributed by atoms with Gasteiger partial charge >= 0.3 is 5.97 Å². The van der Waals surface area contributed by atoms with Crippen molar-refractivity contribution in [2.45, 2.75) is 123 Å². The standard InChI is InChI=1S/C29H58O6/c1-3-5-7-9-11-13-15-17-22-35-29(30)19-18-21-32-24-26-34-28-27-33-25-23-31-20-16-14-12-10-8-6-4-2/h3-28H2,1-2H3. The van der Waals surface area contributed by atoms with Gasteiger partial charge in [0, 0.05) is 19.6 Å². The normalized spacial score (nSPS) is 11.3. The van der Waals surface area contributed by atoms with E-state index >= 15 is 0 Å². The fourth-order valence-corrected chi connectivity index (χ4v) is 3.74. The van der Waals surface area contributed by atoms with Gasteiger partial charge in [-0.2, -0.15) is 0 Å². The second kappa shape index (κ2) is 31.3. The summed E-state index contributed by atoms with van der Waals surface area (Å²) in [6, 6.07) is 0. The lowest BCUT2D eigenvalue weighted by Gasteiger charge is -2.08. The molecule has 0 spiro atoms. The van der Waals surface area contributed by atoms with Crippen molar-refractivity contribution in [2.75, 3.05) is 59.5 Å². The molecule has 6 heteroatoms. The average molecular weight is 503 g/mol. The average Bonchev–Trinajstić information content (AvgIpc) is 2.86. The van der Waals surface area contributed by atoms with Crippen LogP contribution in [0.15, 0.2) is 0 Å². The van der Waals surface area contributed by atoms with Gasteiger partial charge < -0.3 is 23.7 Å². The summed E-state index contributed by atoms with van der Waals surface area (Å²) in [5, 5.41) is 0. The van der Waals surface area contributed by atoms with Gasteiger partial charge in [-0.3, -0.25) is 4.79 Å². The molecule has 35 heavy (non-hydrogen) atoms. The van der Waals surface area contributed by atoms with Gasteiger partial charge in [-0.15, -0.1) is 0 Å². The molecule has 0 unspecified atom stereocenters. The Labute approximate surface area is 217 Å².